The zero-order chi connectivity index (χ0) is 15.4. The topological polar surface area (TPSA) is 34.6 Å². The first kappa shape index (κ1) is 15.8. The van der Waals surface area contributed by atoms with Crippen LogP contribution in [0.25, 0.3) is 5.76 Å². The molecule has 0 N–H and O–H groups in total. The summed E-state index contributed by atoms with van der Waals surface area (Å²) in [5.74, 6) is 2.09. The third-order valence-electron chi connectivity index (χ3n) is 3.93. The Hall–Kier alpha value is -1.55. The van der Waals surface area contributed by atoms with E-state index in [0.29, 0.717) is 11.7 Å². The monoisotopic (exact) mass is 290 g/mol. The van der Waals surface area contributed by atoms with E-state index in [9.17, 15) is 0 Å². The summed E-state index contributed by atoms with van der Waals surface area (Å²) in [6, 6.07) is 2.20. The smallest absolute Gasteiger partial charge is 0.140 e. The Morgan fingerprint density at radius 3 is 2.62 bits per heavy atom. The summed E-state index contributed by atoms with van der Waals surface area (Å²) in [5, 5.41) is 0. The van der Waals surface area contributed by atoms with Gasteiger partial charge in [0.15, 0.2) is 0 Å². The lowest BCUT2D eigenvalue weighted by molar-refractivity contribution is 0.122. The van der Waals surface area contributed by atoms with Crippen LogP contribution in [0.3, 0.4) is 0 Å². The van der Waals surface area contributed by atoms with Gasteiger partial charge in [0.05, 0.1) is 25.9 Å². The van der Waals surface area contributed by atoms with Crippen LogP contribution in [0.4, 0.5) is 5.82 Å². The Balaban J connectivity index is 2.51. The van der Waals surface area contributed by atoms with Crippen molar-refractivity contribution in [2.75, 3.05) is 38.3 Å². The molecule has 0 aromatic carbocycles. The van der Waals surface area contributed by atoms with E-state index in [1.165, 1.54) is 11.3 Å². The molecule has 1 aliphatic heterocycles. The molecule has 0 unspecified atom stereocenters. The zero-order valence-electron chi connectivity index (χ0n) is 13.6. The Bertz CT molecular complexity index is 506. The SMILES string of the molecule is C=C(OC)c1cc(C(C)C)c(CC)nc1N1CCOCC1. The zero-order valence-corrected chi connectivity index (χ0v) is 13.6. The predicted octanol–water partition coefficient (Wildman–Crippen LogP) is 3.22. The van der Waals surface area contributed by atoms with Gasteiger partial charge in [0, 0.05) is 18.8 Å². The number of methoxy groups -OCH3 is 1. The minimum absolute atomic E-state index is 0.439. The Morgan fingerprint density at radius 2 is 2.10 bits per heavy atom. The number of hydrogen-bond donors (Lipinski definition) is 0. The lowest BCUT2D eigenvalue weighted by atomic mass is 9.97. The molecule has 21 heavy (non-hydrogen) atoms. The number of hydrogen-bond acceptors (Lipinski definition) is 4. The first-order valence-electron chi connectivity index (χ1n) is 7.68. The van der Waals surface area contributed by atoms with Gasteiger partial charge in [-0.1, -0.05) is 27.4 Å². The van der Waals surface area contributed by atoms with Crippen LogP contribution in [0.5, 0.6) is 0 Å². The molecular weight excluding hydrogens is 264 g/mol. The number of ether oxygens (including phenoxy) is 2. The van der Waals surface area contributed by atoms with Crippen molar-refractivity contribution in [1.82, 2.24) is 4.98 Å². The fraction of sp³-hybridized carbons (Fsp3) is 0.588. The quantitative estimate of drug-likeness (QED) is 0.780. The van der Waals surface area contributed by atoms with Crippen LogP contribution in [0.2, 0.25) is 0 Å². The highest BCUT2D eigenvalue weighted by molar-refractivity contribution is 5.71. The molecule has 116 valence electrons. The van der Waals surface area contributed by atoms with Gasteiger partial charge in [-0.25, -0.2) is 4.98 Å². The van der Waals surface area contributed by atoms with Crippen LogP contribution in [0, 0.1) is 0 Å². The molecule has 1 fully saturated rings. The summed E-state index contributed by atoms with van der Waals surface area (Å²) in [5.41, 5.74) is 3.45. The molecule has 0 amide bonds. The van der Waals surface area contributed by atoms with Gasteiger partial charge in [-0.15, -0.1) is 0 Å². The molecule has 1 aromatic heterocycles. The lowest BCUT2D eigenvalue weighted by Gasteiger charge is -2.31. The Labute approximate surface area is 127 Å². The van der Waals surface area contributed by atoms with Crippen molar-refractivity contribution in [2.24, 2.45) is 0 Å². The van der Waals surface area contributed by atoms with Gasteiger partial charge < -0.3 is 14.4 Å². The van der Waals surface area contributed by atoms with E-state index in [-0.39, 0.29) is 0 Å². The third-order valence-corrected chi connectivity index (χ3v) is 3.93. The van der Waals surface area contributed by atoms with Crippen molar-refractivity contribution >= 4 is 11.6 Å². The lowest BCUT2D eigenvalue weighted by Crippen LogP contribution is -2.37. The van der Waals surface area contributed by atoms with Crippen molar-refractivity contribution in [3.63, 3.8) is 0 Å². The van der Waals surface area contributed by atoms with E-state index in [4.69, 9.17) is 14.5 Å². The summed E-state index contributed by atoms with van der Waals surface area (Å²) in [4.78, 5) is 7.20. The highest BCUT2D eigenvalue weighted by Crippen LogP contribution is 2.31. The van der Waals surface area contributed by atoms with Crippen LogP contribution in [0.1, 0.15) is 43.5 Å². The van der Waals surface area contributed by atoms with E-state index >= 15 is 0 Å². The van der Waals surface area contributed by atoms with Crippen LogP contribution in [-0.2, 0) is 15.9 Å². The van der Waals surface area contributed by atoms with Crippen molar-refractivity contribution in [2.45, 2.75) is 33.1 Å². The average Bonchev–Trinajstić information content (AvgIpc) is 2.53. The Kier molecular flexibility index (Phi) is 5.23. The van der Waals surface area contributed by atoms with E-state index < -0.39 is 0 Å². The van der Waals surface area contributed by atoms with Gasteiger partial charge in [-0.2, -0.15) is 0 Å². The minimum Gasteiger partial charge on any atom is -0.497 e. The van der Waals surface area contributed by atoms with Crippen LogP contribution in [0.15, 0.2) is 12.6 Å². The molecule has 0 bridgehead atoms. The largest absolute Gasteiger partial charge is 0.497 e. The summed E-state index contributed by atoms with van der Waals surface area (Å²) in [6.07, 6.45) is 0.935. The summed E-state index contributed by atoms with van der Waals surface area (Å²) in [7, 11) is 1.66. The molecule has 1 aliphatic rings. The van der Waals surface area contributed by atoms with Gasteiger partial charge in [0.2, 0.25) is 0 Å². The molecule has 0 saturated carbocycles. The number of rotatable bonds is 5. The number of aromatic nitrogens is 1. The number of nitrogens with zero attached hydrogens (tertiary/aromatic N) is 2. The molecule has 4 heteroatoms. The van der Waals surface area contributed by atoms with Gasteiger partial charge in [0.25, 0.3) is 0 Å². The maximum atomic E-state index is 5.44. The molecular formula is C17H26N2O2. The highest BCUT2D eigenvalue weighted by Gasteiger charge is 2.21. The molecule has 4 nitrogen and oxygen atoms in total. The minimum atomic E-state index is 0.439. The normalized spacial score (nSPS) is 15.4. The van der Waals surface area contributed by atoms with Crippen molar-refractivity contribution < 1.29 is 9.47 Å². The first-order chi connectivity index (χ1) is 10.1. The predicted molar refractivity (Wildman–Crippen MR) is 86.8 cm³/mol. The maximum absolute atomic E-state index is 5.44. The maximum Gasteiger partial charge on any atom is 0.140 e. The highest BCUT2D eigenvalue weighted by atomic mass is 16.5. The number of morpholine rings is 1. The molecule has 1 saturated heterocycles. The Morgan fingerprint density at radius 1 is 1.43 bits per heavy atom. The molecule has 0 radical (unpaired) electrons. The van der Waals surface area contributed by atoms with E-state index in [1.807, 2.05) is 0 Å². The first-order valence-corrected chi connectivity index (χ1v) is 7.68. The molecule has 0 spiro atoms. The van der Waals surface area contributed by atoms with E-state index in [2.05, 4.69) is 38.3 Å². The van der Waals surface area contributed by atoms with Gasteiger partial charge >= 0.3 is 0 Å². The molecule has 0 aliphatic carbocycles. The van der Waals surface area contributed by atoms with Gasteiger partial charge in [0.1, 0.15) is 11.6 Å². The summed E-state index contributed by atoms with van der Waals surface area (Å²) >= 11 is 0. The number of aryl methyl sites for hydroxylation is 1. The number of anilines is 1. The summed E-state index contributed by atoms with van der Waals surface area (Å²) < 4.78 is 10.8. The number of pyridine rings is 1. The van der Waals surface area contributed by atoms with Crippen LogP contribution in [-0.4, -0.2) is 38.4 Å². The van der Waals surface area contributed by atoms with Crippen molar-refractivity contribution in [3.05, 3.63) is 29.5 Å². The van der Waals surface area contributed by atoms with Crippen LogP contribution < -0.4 is 4.90 Å². The fourth-order valence-electron chi connectivity index (χ4n) is 2.67. The summed E-state index contributed by atoms with van der Waals surface area (Å²) in [6.45, 7) is 13.8. The van der Waals surface area contributed by atoms with E-state index in [0.717, 1.165) is 44.1 Å². The van der Waals surface area contributed by atoms with Crippen LogP contribution >= 0.6 is 0 Å². The van der Waals surface area contributed by atoms with Gasteiger partial charge in [-0.05, 0) is 24.0 Å². The second-order valence-corrected chi connectivity index (χ2v) is 5.63. The van der Waals surface area contributed by atoms with Crippen molar-refractivity contribution in [1.29, 1.82) is 0 Å². The standard InChI is InChI=1S/C17H26N2O2/c1-6-16-14(12(2)3)11-15(13(4)20-5)17(18-16)19-7-9-21-10-8-19/h11-12H,4,6-10H2,1-3,5H3. The second-order valence-electron chi connectivity index (χ2n) is 5.63. The fourth-order valence-corrected chi connectivity index (χ4v) is 2.67. The molecule has 1 aromatic rings. The average molecular weight is 290 g/mol. The van der Waals surface area contributed by atoms with Gasteiger partial charge in [-0.3, -0.25) is 0 Å². The van der Waals surface area contributed by atoms with E-state index in [1.54, 1.807) is 7.11 Å². The third kappa shape index (κ3) is 3.38. The van der Waals surface area contributed by atoms with Crippen molar-refractivity contribution in [3.8, 4) is 0 Å². The second kappa shape index (κ2) is 6.94. The molecule has 2 rings (SSSR count). The molecule has 2 heterocycles. The molecule has 0 atom stereocenters.